The van der Waals surface area contributed by atoms with E-state index in [1.54, 1.807) is 0 Å². The second kappa shape index (κ2) is 10.8. The Balaban J connectivity index is 2.60. The van der Waals surface area contributed by atoms with Gasteiger partial charge in [0.05, 0.1) is 13.2 Å². The Morgan fingerprint density at radius 1 is 1.16 bits per heavy atom. The van der Waals surface area contributed by atoms with E-state index in [1.807, 2.05) is 0 Å². The predicted octanol–water partition coefficient (Wildman–Crippen LogP) is 1.35. The smallest absolute Gasteiger partial charge is 0.490 e. The summed E-state index contributed by atoms with van der Waals surface area (Å²) in [5.41, 5.74) is 0. The third-order valence-corrected chi connectivity index (χ3v) is 4.07. The lowest BCUT2D eigenvalue weighted by Crippen LogP contribution is -2.32. The minimum Gasteiger partial charge on any atom is -0.490 e. The van der Waals surface area contributed by atoms with Crippen molar-refractivity contribution in [3.8, 4) is 0 Å². The van der Waals surface area contributed by atoms with Crippen LogP contribution in [0.4, 0.5) is 0 Å². The third kappa shape index (κ3) is 7.75. The fourth-order valence-corrected chi connectivity index (χ4v) is 2.79. The van der Waals surface area contributed by atoms with E-state index in [0.29, 0.717) is 6.42 Å². The lowest BCUT2D eigenvalue weighted by molar-refractivity contribution is -0.148. The van der Waals surface area contributed by atoms with E-state index >= 15 is 0 Å². The zero-order chi connectivity index (χ0) is 18.9. The Morgan fingerprint density at radius 3 is 2.32 bits per heavy atom. The predicted molar refractivity (Wildman–Crippen MR) is 87.1 cm³/mol. The molecule has 0 unspecified atom stereocenters. The number of hydrogen-bond acceptors (Lipinski definition) is 7. The minimum absolute atomic E-state index is 0.169. The van der Waals surface area contributed by atoms with Crippen molar-refractivity contribution in [2.24, 2.45) is 0 Å². The molecule has 10 heteroatoms. The summed E-state index contributed by atoms with van der Waals surface area (Å²) in [6.07, 6.45) is 4.42. The first-order valence-electron chi connectivity index (χ1n) is 8.42. The molecule has 25 heavy (non-hydrogen) atoms. The average Bonchev–Trinajstić information content (AvgIpc) is 2.84. The molecule has 146 valence electrons. The monoisotopic (exact) mass is 382 g/mol. The summed E-state index contributed by atoms with van der Waals surface area (Å²) in [5, 5.41) is 18.7. The number of aliphatic hydroxyl groups excluding tert-OH is 2. The van der Waals surface area contributed by atoms with Gasteiger partial charge >= 0.3 is 13.8 Å². The molecule has 0 amide bonds. The summed E-state index contributed by atoms with van der Waals surface area (Å²) in [6, 6.07) is 0. The molecular weight excluding hydrogens is 355 g/mol. The number of esters is 1. The largest absolute Gasteiger partial charge is 0.525 e. The van der Waals surface area contributed by atoms with Gasteiger partial charge in [0, 0.05) is 0 Å². The maximum atomic E-state index is 11.7. The number of carbonyl (C=O) groups is 1. The van der Waals surface area contributed by atoms with Crippen LogP contribution in [0, 0.1) is 0 Å². The van der Waals surface area contributed by atoms with E-state index in [9.17, 15) is 14.5 Å². The van der Waals surface area contributed by atoms with Crippen LogP contribution in [0.1, 0.15) is 51.9 Å². The zero-order valence-corrected chi connectivity index (χ0v) is 15.2. The molecule has 2 atom stereocenters. The van der Waals surface area contributed by atoms with Crippen LogP contribution in [0.5, 0.6) is 0 Å². The van der Waals surface area contributed by atoms with E-state index in [1.165, 1.54) is 19.3 Å². The van der Waals surface area contributed by atoms with Gasteiger partial charge in [-0.2, -0.15) is 0 Å². The molecule has 0 aromatic heterocycles. The van der Waals surface area contributed by atoms with Crippen molar-refractivity contribution in [2.45, 2.75) is 64.1 Å². The van der Waals surface area contributed by atoms with Crippen LogP contribution in [0.25, 0.3) is 0 Å². The first-order chi connectivity index (χ1) is 11.8. The molecule has 0 spiro atoms. The van der Waals surface area contributed by atoms with Crippen LogP contribution in [0.3, 0.4) is 0 Å². The third-order valence-electron chi connectivity index (χ3n) is 3.65. The van der Waals surface area contributed by atoms with Crippen molar-refractivity contribution in [3.63, 3.8) is 0 Å². The number of aliphatic hydroxyl groups is 2. The van der Waals surface area contributed by atoms with E-state index in [0.717, 1.165) is 19.3 Å². The molecule has 0 aliphatic carbocycles. The van der Waals surface area contributed by atoms with E-state index in [2.05, 4.69) is 11.4 Å². The van der Waals surface area contributed by atoms with E-state index in [4.69, 9.17) is 24.4 Å². The van der Waals surface area contributed by atoms with Gasteiger partial charge in [0.2, 0.25) is 0 Å². The topological polar surface area (TPSA) is 143 Å². The van der Waals surface area contributed by atoms with Crippen LogP contribution >= 0.6 is 7.82 Å². The van der Waals surface area contributed by atoms with Crippen LogP contribution in [-0.2, 0) is 23.4 Å². The first kappa shape index (κ1) is 21.9. The van der Waals surface area contributed by atoms with E-state index in [-0.39, 0.29) is 12.4 Å². The van der Waals surface area contributed by atoms with Gasteiger partial charge in [-0.1, -0.05) is 45.4 Å². The highest BCUT2D eigenvalue weighted by Gasteiger charge is 2.44. The molecule has 0 fully saturated rings. The standard InChI is InChI=1S/C15H27O9P/c1-2-3-4-5-6-7-8-9-22-13-12(11(17)10-16)23-15(18)14(13)24-25(19,20)21/h11-12,16-17H,2-10H2,1H3,(H2,19,20,21)/t11-,12+/m0/s1. The lowest BCUT2D eigenvalue weighted by atomic mass is 10.1. The lowest BCUT2D eigenvalue weighted by Gasteiger charge is -2.18. The van der Waals surface area contributed by atoms with E-state index < -0.39 is 38.4 Å². The normalized spacial score (nSPS) is 19.1. The Bertz CT molecular complexity index is 499. The summed E-state index contributed by atoms with van der Waals surface area (Å²) < 4.78 is 25.5. The molecule has 1 heterocycles. The highest BCUT2D eigenvalue weighted by molar-refractivity contribution is 7.46. The van der Waals surface area contributed by atoms with Gasteiger partial charge in [-0.05, 0) is 6.42 Å². The maximum absolute atomic E-state index is 11.7. The number of rotatable bonds is 13. The van der Waals surface area contributed by atoms with Crippen molar-refractivity contribution < 1.29 is 43.4 Å². The van der Waals surface area contributed by atoms with Gasteiger partial charge in [-0.15, -0.1) is 0 Å². The van der Waals surface area contributed by atoms with Crippen molar-refractivity contribution in [1.29, 1.82) is 0 Å². The molecule has 0 aromatic carbocycles. The number of phosphoric acid groups is 1. The molecule has 0 saturated heterocycles. The molecule has 4 N–H and O–H groups in total. The molecule has 1 aliphatic rings. The Labute approximate surface area is 146 Å². The van der Waals surface area contributed by atoms with Crippen LogP contribution < -0.4 is 0 Å². The summed E-state index contributed by atoms with van der Waals surface area (Å²) >= 11 is 0. The Kier molecular flexibility index (Phi) is 9.45. The number of hydrogen-bond donors (Lipinski definition) is 4. The number of ether oxygens (including phenoxy) is 2. The average molecular weight is 382 g/mol. The van der Waals surface area contributed by atoms with Crippen molar-refractivity contribution >= 4 is 13.8 Å². The molecule has 0 bridgehead atoms. The molecule has 1 aliphatic heterocycles. The van der Waals surface area contributed by atoms with Gasteiger partial charge < -0.3 is 24.2 Å². The number of phosphoric ester groups is 1. The van der Waals surface area contributed by atoms with Crippen LogP contribution in [0.2, 0.25) is 0 Å². The second-order valence-corrected chi connectivity index (χ2v) is 6.98. The van der Waals surface area contributed by atoms with Crippen molar-refractivity contribution in [2.75, 3.05) is 13.2 Å². The fraction of sp³-hybridized carbons (Fsp3) is 0.800. The fourth-order valence-electron chi connectivity index (χ4n) is 2.39. The molecule has 0 aromatic rings. The quantitative estimate of drug-likeness (QED) is 0.211. The number of unbranched alkanes of at least 4 members (excludes halogenated alkanes) is 6. The van der Waals surface area contributed by atoms with Crippen molar-refractivity contribution in [1.82, 2.24) is 0 Å². The van der Waals surface area contributed by atoms with Gasteiger partial charge in [-0.3, -0.25) is 9.79 Å². The second-order valence-electron chi connectivity index (χ2n) is 5.82. The molecular formula is C15H27O9P. The highest BCUT2D eigenvalue weighted by atomic mass is 31.2. The van der Waals surface area contributed by atoms with Gasteiger partial charge in [0.15, 0.2) is 11.9 Å². The summed E-state index contributed by atoms with van der Waals surface area (Å²) in [5.74, 6) is -2.23. The molecule has 0 radical (unpaired) electrons. The van der Waals surface area contributed by atoms with Gasteiger partial charge in [0.25, 0.3) is 5.76 Å². The molecule has 0 saturated carbocycles. The number of carbonyl (C=O) groups excluding carboxylic acids is 1. The van der Waals surface area contributed by atoms with Gasteiger partial charge in [-0.25, -0.2) is 9.36 Å². The highest BCUT2D eigenvalue weighted by Crippen LogP contribution is 2.42. The zero-order valence-electron chi connectivity index (χ0n) is 14.3. The van der Waals surface area contributed by atoms with Crippen LogP contribution in [-0.4, -0.2) is 51.4 Å². The van der Waals surface area contributed by atoms with Gasteiger partial charge in [0.1, 0.15) is 6.10 Å². The SMILES string of the molecule is CCCCCCCCCOC1=C(OP(=O)(O)O)C(=O)O[C@@H]1[C@@H](O)CO. The van der Waals surface area contributed by atoms with Crippen molar-refractivity contribution in [3.05, 3.63) is 11.5 Å². The maximum Gasteiger partial charge on any atom is 0.525 e. The molecule has 9 nitrogen and oxygen atoms in total. The Hall–Kier alpha value is -1.12. The Morgan fingerprint density at radius 2 is 1.76 bits per heavy atom. The first-order valence-corrected chi connectivity index (χ1v) is 9.95. The summed E-state index contributed by atoms with van der Waals surface area (Å²) in [6.45, 7) is 1.59. The van der Waals surface area contributed by atoms with Crippen LogP contribution in [0.15, 0.2) is 11.5 Å². The summed E-state index contributed by atoms with van der Waals surface area (Å²) in [4.78, 5) is 29.5. The minimum atomic E-state index is -5.00. The summed E-state index contributed by atoms with van der Waals surface area (Å²) in [7, 11) is -5.00. The molecule has 1 rings (SSSR count). The number of cyclic esters (lactones) is 1.